The molecule has 0 aromatic heterocycles. The number of para-hydroxylation sites is 1. The molecule has 3 aromatic carbocycles. The van der Waals surface area contributed by atoms with Crippen LogP contribution in [0.2, 0.25) is 0 Å². The van der Waals surface area contributed by atoms with Crippen LogP contribution in [0.3, 0.4) is 0 Å². The van der Waals surface area contributed by atoms with E-state index in [1.54, 1.807) is 12.1 Å². The largest absolute Gasteiger partial charge is 0.508 e. The summed E-state index contributed by atoms with van der Waals surface area (Å²) < 4.78 is 6.10. The highest BCUT2D eigenvalue weighted by molar-refractivity contribution is 5.94. The van der Waals surface area contributed by atoms with Gasteiger partial charge in [-0.2, -0.15) is 0 Å². The third-order valence-corrected chi connectivity index (χ3v) is 4.32. The molecule has 27 heavy (non-hydrogen) atoms. The van der Waals surface area contributed by atoms with Crippen LogP contribution in [0.15, 0.2) is 84.9 Å². The van der Waals surface area contributed by atoms with Gasteiger partial charge in [-0.25, -0.2) is 0 Å². The number of aromatic hydroxyl groups is 1. The number of phenolic OH excluding ortho intramolecular Hbond substituents is 1. The van der Waals surface area contributed by atoms with E-state index in [9.17, 15) is 9.90 Å². The summed E-state index contributed by atoms with van der Waals surface area (Å²) in [7, 11) is 0. The van der Waals surface area contributed by atoms with E-state index in [4.69, 9.17) is 4.74 Å². The number of ether oxygens (including phenoxy) is 1. The average molecular weight is 358 g/mol. The Labute approximate surface area is 156 Å². The molecule has 0 unspecified atom stereocenters. The molecule has 0 saturated heterocycles. The molecule has 0 spiro atoms. The Morgan fingerprint density at radius 2 is 1.59 bits per heavy atom. The zero-order valence-electron chi connectivity index (χ0n) is 14.4. The molecule has 134 valence electrons. The maximum Gasteiger partial charge on any atom is 0.269 e. The molecule has 0 saturated carbocycles. The molecule has 1 amide bonds. The van der Waals surface area contributed by atoms with E-state index in [0.717, 1.165) is 22.6 Å². The van der Waals surface area contributed by atoms with Gasteiger partial charge in [-0.3, -0.25) is 15.6 Å². The lowest BCUT2D eigenvalue weighted by atomic mass is 10.0. The highest BCUT2D eigenvalue weighted by Crippen LogP contribution is 2.35. The minimum absolute atomic E-state index is 0.117. The van der Waals surface area contributed by atoms with E-state index < -0.39 is 0 Å². The van der Waals surface area contributed by atoms with Gasteiger partial charge in [-0.1, -0.05) is 42.5 Å². The first-order valence-electron chi connectivity index (χ1n) is 8.59. The van der Waals surface area contributed by atoms with Crippen LogP contribution in [-0.2, 0) is 0 Å². The molecule has 4 rings (SSSR count). The molecule has 3 N–H and O–H groups in total. The van der Waals surface area contributed by atoms with E-state index in [2.05, 4.69) is 10.9 Å². The molecule has 0 fully saturated rings. The number of fused-ring (bicyclic) bond motifs is 1. The number of hydrogen-bond donors (Lipinski definition) is 3. The van der Waals surface area contributed by atoms with Crippen LogP contribution < -0.4 is 15.6 Å². The van der Waals surface area contributed by atoms with E-state index >= 15 is 0 Å². The summed E-state index contributed by atoms with van der Waals surface area (Å²) in [6.07, 6.45) is 1.68. The number of benzene rings is 3. The second kappa shape index (κ2) is 7.25. The van der Waals surface area contributed by atoms with Gasteiger partial charge < -0.3 is 9.84 Å². The maximum atomic E-state index is 12.3. The summed E-state index contributed by atoms with van der Waals surface area (Å²) in [5, 5.41) is 9.35. The summed E-state index contributed by atoms with van der Waals surface area (Å²) >= 11 is 0. The van der Waals surface area contributed by atoms with Gasteiger partial charge in [0.2, 0.25) is 0 Å². The van der Waals surface area contributed by atoms with E-state index in [-0.39, 0.29) is 17.8 Å². The summed E-state index contributed by atoms with van der Waals surface area (Å²) in [4.78, 5) is 12.3. The van der Waals surface area contributed by atoms with Gasteiger partial charge >= 0.3 is 0 Å². The Hall–Kier alpha value is -3.73. The Kier molecular flexibility index (Phi) is 4.49. The van der Waals surface area contributed by atoms with E-state index in [1.807, 2.05) is 60.7 Å². The Balaban J connectivity index is 1.57. The SMILES string of the molecule is O=C(NNC1=C[C@H](c2ccccc2)Oc2ccccc21)c1ccc(O)cc1. The zero-order chi connectivity index (χ0) is 18.6. The van der Waals surface area contributed by atoms with Crippen LogP contribution in [0.25, 0.3) is 5.70 Å². The number of hydrogen-bond acceptors (Lipinski definition) is 4. The van der Waals surface area contributed by atoms with Crippen molar-refractivity contribution in [2.75, 3.05) is 0 Å². The molecule has 1 atom stereocenters. The smallest absolute Gasteiger partial charge is 0.269 e. The molecule has 0 radical (unpaired) electrons. The summed E-state index contributed by atoms with van der Waals surface area (Å²) in [6.45, 7) is 0. The number of carbonyl (C=O) groups excluding carboxylic acids is 1. The highest BCUT2D eigenvalue weighted by atomic mass is 16.5. The first-order valence-corrected chi connectivity index (χ1v) is 8.59. The van der Waals surface area contributed by atoms with Gasteiger partial charge in [0.1, 0.15) is 17.6 Å². The van der Waals surface area contributed by atoms with Crippen molar-refractivity contribution in [1.82, 2.24) is 10.9 Å². The van der Waals surface area contributed by atoms with Crippen LogP contribution in [0, 0.1) is 0 Å². The summed E-state index contributed by atoms with van der Waals surface area (Å²) in [5.41, 5.74) is 8.82. The first-order chi connectivity index (χ1) is 13.2. The molecule has 0 aliphatic carbocycles. The Bertz CT molecular complexity index is 982. The second-order valence-electron chi connectivity index (χ2n) is 6.15. The standard InChI is InChI=1S/C22H18N2O3/c25-17-12-10-16(11-13-17)22(26)24-23-19-14-21(15-6-2-1-3-7-15)27-20-9-5-4-8-18(19)20/h1-14,21,23,25H,(H,24,26)/t21-/m1/s1. The Morgan fingerprint density at radius 1 is 0.889 bits per heavy atom. The van der Waals surface area contributed by atoms with E-state index in [1.165, 1.54) is 12.1 Å². The summed E-state index contributed by atoms with van der Waals surface area (Å²) in [6, 6.07) is 23.6. The molecule has 0 bridgehead atoms. The van der Waals surface area contributed by atoms with Crippen molar-refractivity contribution in [2.45, 2.75) is 6.10 Å². The molecular formula is C22H18N2O3. The van der Waals surface area contributed by atoms with Crippen molar-refractivity contribution in [3.63, 3.8) is 0 Å². The maximum absolute atomic E-state index is 12.3. The lowest BCUT2D eigenvalue weighted by Gasteiger charge is -2.26. The third-order valence-electron chi connectivity index (χ3n) is 4.32. The van der Waals surface area contributed by atoms with Crippen molar-refractivity contribution in [2.24, 2.45) is 0 Å². The predicted octanol–water partition coefficient (Wildman–Crippen LogP) is 3.80. The fourth-order valence-electron chi connectivity index (χ4n) is 2.93. The predicted molar refractivity (Wildman–Crippen MR) is 103 cm³/mol. The molecule has 1 aliphatic rings. The van der Waals surface area contributed by atoms with Crippen molar-refractivity contribution >= 4 is 11.6 Å². The quantitative estimate of drug-likeness (QED) is 0.621. The van der Waals surface area contributed by atoms with Crippen LogP contribution in [-0.4, -0.2) is 11.0 Å². The molecule has 5 nitrogen and oxygen atoms in total. The first kappa shape index (κ1) is 16.7. The fourth-order valence-corrected chi connectivity index (χ4v) is 2.93. The number of carbonyl (C=O) groups is 1. The van der Waals surface area contributed by atoms with Gasteiger partial charge in [0.25, 0.3) is 5.91 Å². The average Bonchev–Trinajstić information content (AvgIpc) is 2.72. The molecule has 1 heterocycles. The normalized spacial score (nSPS) is 15.1. The fraction of sp³-hybridized carbons (Fsp3) is 0.0455. The van der Waals surface area contributed by atoms with Gasteiger partial charge in [-0.15, -0.1) is 0 Å². The van der Waals surface area contributed by atoms with Crippen molar-refractivity contribution < 1.29 is 14.6 Å². The van der Waals surface area contributed by atoms with Crippen LogP contribution in [0.4, 0.5) is 0 Å². The molecule has 5 heteroatoms. The van der Waals surface area contributed by atoms with Crippen molar-refractivity contribution in [3.8, 4) is 11.5 Å². The molecular weight excluding hydrogens is 340 g/mol. The topological polar surface area (TPSA) is 70.6 Å². The second-order valence-corrected chi connectivity index (χ2v) is 6.15. The van der Waals surface area contributed by atoms with E-state index in [0.29, 0.717) is 5.56 Å². The van der Waals surface area contributed by atoms with Crippen LogP contribution >= 0.6 is 0 Å². The third kappa shape index (κ3) is 3.62. The monoisotopic (exact) mass is 358 g/mol. The van der Waals surface area contributed by atoms with Gasteiger partial charge in [0.15, 0.2) is 0 Å². The number of hydrazine groups is 1. The van der Waals surface area contributed by atoms with Crippen LogP contribution in [0.1, 0.15) is 27.6 Å². The van der Waals surface area contributed by atoms with Crippen molar-refractivity contribution in [3.05, 3.63) is 102 Å². The van der Waals surface area contributed by atoms with Crippen molar-refractivity contribution in [1.29, 1.82) is 0 Å². The van der Waals surface area contributed by atoms with Crippen LogP contribution in [0.5, 0.6) is 11.5 Å². The van der Waals surface area contributed by atoms with Gasteiger partial charge in [0, 0.05) is 11.1 Å². The minimum atomic E-state index is -0.295. The van der Waals surface area contributed by atoms with Gasteiger partial charge in [0.05, 0.1) is 5.70 Å². The summed E-state index contributed by atoms with van der Waals surface area (Å²) in [5.74, 6) is 0.567. The minimum Gasteiger partial charge on any atom is -0.508 e. The lowest BCUT2D eigenvalue weighted by Crippen LogP contribution is -2.37. The molecule has 1 aliphatic heterocycles. The van der Waals surface area contributed by atoms with Gasteiger partial charge in [-0.05, 0) is 48.0 Å². The number of amides is 1. The Morgan fingerprint density at radius 3 is 2.37 bits per heavy atom. The molecule has 3 aromatic rings. The zero-order valence-corrected chi connectivity index (χ0v) is 14.4. The number of rotatable bonds is 4. The highest BCUT2D eigenvalue weighted by Gasteiger charge is 2.22. The lowest BCUT2D eigenvalue weighted by molar-refractivity contribution is 0.0942. The number of nitrogens with one attached hydrogen (secondary N) is 2. The number of phenols is 1.